The highest BCUT2D eigenvalue weighted by Crippen LogP contribution is 2.40. The molecule has 6 heteroatoms. The summed E-state index contributed by atoms with van der Waals surface area (Å²) in [6.07, 6.45) is 5.07. The van der Waals surface area contributed by atoms with E-state index in [9.17, 15) is 4.79 Å². The Balaban J connectivity index is 1.71. The third kappa shape index (κ3) is 3.08. The molecule has 0 radical (unpaired) electrons. The van der Waals surface area contributed by atoms with E-state index in [0.717, 1.165) is 42.1 Å². The Hall–Kier alpha value is -2.50. The Morgan fingerprint density at radius 1 is 1.44 bits per heavy atom. The van der Waals surface area contributed by atoms with E-state index in [-0.39, 0.29) is 6.10 Å². The van der Waals surface area contributed by atoms with Crippen LogP contribution in [0.5, 0.6) is 11.5 Å². The number of carbonyl (C=O) groups excluding carboxylic acids is 1. The van der Waals surface area contributed by atoms with Gasteiger partial charge in [-0.15, -0.1) is 0 Å². The van der Waals surface area contributed by atoms with Crippen LogP contribution in [0.4, 0.5) is 0 Å². The van der Waals surface area contributed by atoms with Crippen LogP contribution in [0.25, 0.3) is 0 Å². The van der Waals surface area contributed by atoms with Crippen molar-refractivity contribution in [2.24, 2.45) is 5.73 Å². The number of fused-ring (bicyclic) bond motifs is 1. The largest absolute Gasteiger partial charge is 0.494 e. The van der Waals surface area contributed by atoms with Crippen molar-refractivity contribution in [3.63, 3.8) is 0 Å². The van der Waals surface area contributed by atoms with Crippen LogP contribution in [0.1, 0.15) is 60.0 Å². The second kappa shape index (κ2) is 6.10. The first-order chi connectivity index (χ1) is 12.0. The number of imidazole rings is 1. The fourth-order valence-electron chi connectivity index (χ4n) is 3.42. The number of nitrogens with zero attached hydrogens (tertiary/aromatic N) is 2. The topological polar surface area (TPSA) is 79.4 Å². The van der Waals surface area contributed by atoms with Crippen LogP contribution in [0.2, 0.25) is 0 Å². The number of hydrogen-bond acceptors (Lipinski definition) is 4. The molecule has 6 nitrogen and oxygen atoms in total. The number of carbonyl (C=O) groups is 1. The van der Waals surface area contributed by atoms with Crippen LogP contribution in [0.15, 0.2) is 18.3 Å². The van der Waals surface area contributed by atoms with Gasteiger partial charge in [0.15, 0.2) is 0 Å². The summed E-state index contributed by atoms with van der Waals surface area (Å²) in [4.78, 5) is 16.0. The van der Waals surface area contributed by atoms with E-state index in [0.29, 0.717) is 24.8 Å². The lowest BCUT2D eigenvalue weighted by Gasteiger charge is -2.14. The average molecular weight is 341 g/mol. The minimum atomic E-state index is -0.489. The van der Waals surface area contributed by atoms with Crippen molar-refractivity contribution in [1.82, 2.24) is 9.55 Å². The zero-order valence-electron chi connectivity index (χ0n) is 14.6. The van der Waals surface area contributed by atoms with Gasteiger partial charge in [0.1, 0.15) is 29.1 Å². The fourth-order valence-corrected chi connectivity index (χ4v) is 3.42. The predicted octanol–water partition coefficient (Wildman–Crippen LogP) is 2.63. The smallest absolute Gasteiger partial charge is 0.268 e. The molecule has 2 aliphatic rings. The van der Waals surface area contributed by atoms with Crippen LogP contribution >= 0.6 is 0 Å². The van der Waals surface area contributed by atoms with Crippen molar-refractivity contribution < 1.29 is 14.3 Å². The van der Waals surface area contributed by atoms with E-state index >= 15 is 0 Å². The summed E-state index contributed by atoms with van der Waals surface area (Å²) in [6.45, 7) is 5.25. The van der Waals surface area contributed by atoms with Crippen LogP contribution in [0.3, 0.4) is 0 Å². The standard InChI is InChI=1S/C19H23N3O3/c1-3-24-16-7-13-6-11(2)25-17(13)8-14(16)9-22-10-15(18(20)23)21-19(22)12-4-5-12/h7-8,10-12H,3-6,9H2,1-2H3,(H2,20,23). The average Bonchev–Trinajstić information content (AvgIpc) is 3.21. The molecule has 4 rings (SSSR count). The fraction of sp³-hybridized carbons (Fsp3) is 0.474. The van der Waals surface area contributed by atoms with Crippen molar-refractivity contribution in [3.05, 3.63) is 41.0 Å². The molecule has 0 spiro atoms. The molecule has 2 heterocycles. The van der Waals surface area contributed by atoms with E-state index in [2.05, 4.69) is 24.0 Å². The minimum absolute atomic E-state index is 0.191. The summed E-state index contributed by atoms with van der Waals surface area (Å²) >= 11 is 0. The Bertz CT molecular complexity index is 824. The number of primary amides is 1. The molecule has 2 N–H and O–H groups in total. The lowest BCUT2D eigenvalue weighted by molar-refractivity contribution is 0.0996. The predicted molar refractivity (Wildman–Crippen MR) is 93.2 cm³/mol. The lowest BCUT2D eigenvalue weighted by atomic mass is 10.1. The molecule has 1 aromatic carbocycles. The third-order valence-corrected chi connectivity index (χ3v) is 4.72. The zero-order chi connectivity index (χ0) is 17.6. The quantitative estimate of drug-likeness (QED) is 0.876. The Kier molecular flexibility index (Phi) is 3.90. The van der Waals surface area contributed by atoms with Crippen molar-refractivity contribution >= 4 is 5.91 Å². The van der Waals surface area contributed by atoms with Gasteiger partial charge in [-0.2, -0.15) is 0 Å². The first-order valence-corrected chi connectivity index (χ1v) is 8.87. The minimum Gasteiger partial charge on any atom is -0.494 e. The summed E-state index contributed by atoms with van der Waals surface area (Å²) in [6, 6.07) is 4.14. The maximum Gasteiger partial charge on any atom is 0.268 e. The molecule has 1 unspecified atom stereocenters. The molecule has 2 aromatic rings. The van der Waals surface area contributed by atoms with E-state index in [1.165, 1.54) is 5.56 Å². The van der Waals surface area contributed by atoms with Crippen LogP contribution in [-0.2, 0) is 13.0 Å². The Morgan fingerprint density at radius 2 is 2.24 bits per heavy atom. The molecule has 1 aromatic heterocycles. The van der Waals surface area contributed by atoms with E-state index in [4.69, 9.17) is 15.2 Å². The van der Waals surface area contributed by atoms with E-state index in [1.54, 1.807) is 6.20 Å². The normalized spacial score (nSPS) is 18.7. The number of amides is 1. The molecule has 1 saturated carbocycles. The molecule has 1 aliphatic carbocycles. The first-order valence-electron chi connectivity index (χ1n) is 8.87. The third-order valence-electron chi connectivity index (χ3n) is 4.72. The van der Waals surface area contributed by atoms with Gasteiger partial charge in [0.2, 0.25) is 0 Å². The van der Waals surface area contributed by atoms with Gasteiger partial charge in [-0.25, -0.2) is 4.98 Å². The Labute approximate surface area is 146 Å². The van der Waals surface area contributed by atoms with Gasteiger partial charge < -0.3 is 19.8 Å². The second-order valence-corrected chi connectivity index (χ2v) is 6.88. The highest BCUT2D eigenvalue weighted by molar-refractivity contribution is 5.90. The van der Waals surface area contributed by atoms with Crippen molar-refractivity contribution in [2.45, 2.75) is 51.7 Å². The van der Waals surface area contributed by atoms with Crippen molar-refractivity contribution in [2.75, 3.05) is 6.61 Å². The van der Waals surface area contributed by atoms with Gasteiger partial charge in [-0.1, -0.05) is 0 Å². The summed E-state index contributed by atoms with van der Waals surface area (Å²) in [5.41, 5.74) is 7.96. The molecule has 0 saturated heterocycles. The highest BCUT2D eigenvalue weighted by Gasteiger charge is 2.30. The number of benzene rings is 1. The molecule has 1 fully saturated rings. The molecule has 132 valence electrons. The zero-order valence-corrected chi connectivity index (χ0v) is 14.6. The van der Waals surface area contributed by atoms with Crippen LogP contribution in [0, 0.1) is 0 Å². The van der Waals surface area contributed by atoms with E-state index < -0.39 is 5.91 Å². The van der Waals surface area contributed by atoms with Crippen LogP contribution in [-0.4, -0.2) is 28.2 Å². The number of ether oxygens (including phenoxy) is 2. The Morgan fingerprint density at radius 3 is 2.92 bits per heavy atom. The summed E-state index contributed by atoms with van der Waals surface area (Å²) < 4.78 is 13.8. The monoisotopic (exact) mass is 341 g/mol. The van der Waals surface area contributed by atoms with Gasteiger partial charge in [0.25, 0.3) is 5.91 Å². The van der Waals surface area contributed by atoms with Crippen LogP contribution < -0.4 is 15.2 Å². The molecule has 25 heavy (non-hydrogen) atoms. The van der Waals surface area contributed by atoms with Crippen molar-refractivity contribution in [1.29, 1.82) is 0 Å². The second-order valence-electron chi connectivity index (χ2n) is 6.88. The SMILES string of the molecule is CCOc1cc2c(cc1Cn1cc(C(N)=O)nc1C1CC1)OC(C)C2. The van der Waals surface area contributed by atoms with E-state index in [1.807, 2.05) is 11.5 Å². The first kappa shape index (κ1) is 16.0. The molecular formula is C19H23N3O3. The van der Waals surface area contributed by atoms with Gasteiger partial charge in [-0.05, 0) is 38.8 Å². The maximum absolute atomic E-state index is 11.5. The van der Waals surface area contributed by atoms with Gasteiger partial charge in [-0.3, -0.25) is 4.79 Å². The molecule has 1 atom stereocenters. The number of nitrogens with two attached hydrogens (primary N) is 1. The summed E-state index contributed by atoms with van der Waals surface area (Å²) in [5.74, 6) is 2.67. The highest BCUT2D eigenvalue weighted by atomic mass is 16.5. The maximum atomic E-state index is 11.5. The molecular weight excluding hydrogens is 318 g/mol. The number of aromatic nitrogens is 2. The van der Waals surface area contributed by atoms with Gasteiger partial charge in [0, 0.05) is 29.7 Å². The number of hydrogen-bond donors (Lipinski definition) is 1. The summed E-state index contributed by atoms with van der Waals surface area (Å²) in [7, 11) is 0. The summed E-state index contributed by atoms with van der Waals surface area (Å²) in [5, 5.41) is 0. The van der Waals surface area contributed by atoms with Gasteiger partial charge >= 0.3 is 0 Å². The van der Waals surface area contributed by atoms with Gasteiger partial charge in [0.05, 0.1) is 13.2 Å². The molecule has 0 bridgehead atoms. The lowest BCUT2D eigenvalue weighted by Crippen LogP contribution is -2.11. The number of rotatable bonds is 6. The molecule has 1 aliphatic heterocycles. The molecule has 1 amide bonds. The van der Waals surface area contributed by atoms with Crippen molar-refractivity contribution in [3.8, 4) is 11.5 Å².